The van der Waals surface area contributed by atoms with Crippen LogP contribution in [0.4, 0.5) is 5.88 Å². The Labute approximate surface area is 181 Å². The number of hydrogen-bond donors (Lipinski definition) is 1. The van der Waals surface area contributed by atoms with E-state index in [0.29, 0.717) is 23.3 Å². The predicted octanol–water partition coefficient (Wildman–Crippen LogP) is 4.66. The van der Waals surface area contributed by atoms with Gasteiger partial charge in [-0.2, -0.15) is 10.2 Å². The van der Waals surface area contributed by atoms with Crippen LogP contribution in [-0.2, 0) is 4.74 Å². The van der Waals surface area contributed by atoms with Crippen LogP contribution in [0.3, 0.4) is 0 Å². The maximum Gasteiger partial charge on any atom is 0.232 e. The minimum Gasteiger partial charge on any atom is -0.419 e. The molecule has 0 unspecified atom stereocenters. The number of nitrogens with zero attached hydrogens (tertiary/aromatic N) is 3. The first-order valence-electron chi connectivity index (χ1n) is 9.93. The van der Waals surface area contributed by atoms with Crippen molar-refractivity contribution >= 4 is 17.5 Å². The highest BCUT2D eigenvalue weighted by Crippen LogP contribution is 2.28. The molecular weight excluding hydrogens is 400 g/mol. The summed E-state index contributed by atoms with van der Waals surface area (Å²) in [5.74, 6) is 0.775. The molecule has 1 N–H and O–H groups in total. The van der Waals surface area contributed by atoms with Crippen LogP contribution in [0, 0.1) is 18.3 Å². The standard InChI is InChI=1S/C23H23ClN4O2/c1-16-2-4-17(5-3-16)21(28-10-12-29-13-11-28)15-26-23-20(14-25)27-22(30-23)18-6-8-19(24)9-7-18/h2-9,21,26H,10-13,15H2,1H3/t21-/m0/s1. The number of aryl methyl sites for hydroxylation is 1. The van der Waals surface area contributed by atoms with Crippen LogP contribution in [-0.4, -0.2) is 42.7 Å². The summed E-state index contributed by atoms with van der Waals surface area (Å²) in [6.07, 6.45) is 0. The van der Waals surface area contributed by atoms with Gasteiger partial charge in [-0.3, -0.25) is 4.90 Å². The van der Waals surface area contributed by atoms with Crippen LogP contribution in [0.5, 0.6) is 0 Å². The van der Waals surface area contributed by atoms with Gasteiger partial charge in [-0.05, 0) is 36.8 Å². The van der Waals surface area contributed by atoms with E-state index in [1.807, 2.05) is 12.1 Å². The second kappa shape index (κ2) is 9.31. The van der Waals surface area contributed by atoms with Crippen molar-refractivity contribution in [1.82, 2.24) is 9.88 Å². The fraction of sp³-hybridized carbons (Fsp3) is 0.304. The Bertz CT molecular complexity index is 1020. The topological polar surface area (TPSA) is 74.3 Å². The third-order valence-electron chi connectivity index (χ3n) is 5.23. The van der Waals surface area contributed by atoms with E-state index in [1.54, 1.807) is 12.1 Å². The van der Waals surface area contributed by atoms with E-state index in [2.05, 4.69) is 52.5 Å². The van der Waals surface area contributed by atoms with Crippen molar-refractivity contribution in [3.63, 3.8) is 0 Å². The molecule has 1 saturated heterocycles. The van der Waals surface area contributed by atoms with Crippen LogP contribution < -0.4 is 5.32 Å². The Morgan fingerprint density at radius 3 is 2.50 bits per heavy atom. The van der Waals surface area contributed by atoms with E-state index in [9.17, 15) is 5.26 Å². The van der Waals surface area contributed by atoms with Gasteiger partial charge in [0.15, 0.2) is 0 Å². The van der Waals surface area contributed by atoms with Gasteiger partial charge < -0.3 is 14.5 Å². The molecule has 1 fully saturated rings. The van der Waals surface area contributed by atoms with Crippen molar-refractivity contribution in [2.75, 3.05) is 38.2 Å². The lowest BCUT2D eigenvalue weighted by molar-refractivity contribution is 0.0186. The zero-order valence-corrected chi connectivity index (χ0v) is 17.5. The molecule has 0 amide bonds. The lowest BCUT2D eigenvalue weighted by Gasteiger charge is -2.35. The van der Waals surface area contributed by atoms with E-state index in [4.69, 9.17) is 20.8 Å². The molecule has 1 atom stereocenters. The van der Waals surface area contributed by atoms with Crippen LogP contribution in [0.25, 0.3) is 11.5 Å². The second-order valence-corrected chi connectivity index (χ2v) is 7.71. The molecule has 1 aliphatic rings. The van der Waals surface area contributed by atoms with Crippen molar-refractivity contribution < 1.29 is 9.15 Å². The molecule has 0 spiro atoms. The molecule has 0 saturated carbocycles. The van der Waals surface area contributed by atoms with E-state index >= 15 is 0 Å². The maximum atomic E-state index is 9.52. The molecule has 154 valence electrons. The molecule has 30 heavy (non-hydrogen) atoms. The van der Waals surface area contributed by atoms with Crippen molar-refractivity contribution in [1.29, 1.82) is 5.26 Å². The monoisotopic (exact) mass is 422 g/mol. The fourth-order valence-corrected chi connectivity index (χ4v) is 3.68. The predicted molar refractivity (Wildman–Crippen MR) is 116 cm³/mol. The summed E-state index contributed by atoms with van der Waals surface area (Å²) in [4.78, 5) is 6.73. The average Bonchev–Trinajstić information content (AvgIpc) is 3.19. The lowest BCUT2D eigenvalue weighted by atomic mass is 10.0. The molecular formula is C23H23ClN4O2. The van der Waals surface area contributed by atoms with Crippen molar-refractivity contribution in [2.45, 2.75) is 13.0 Å². The van der Waals surface area contributed by atoms with E-state index in [-0.39, 0.29) is 11.7 Å². The summed E-state index contributed by atoms with van der Waals surface area (Å²) in [5.41, 5.74) is 3.45. The average molecular weight is 423 g/mol. The Morgan fingerprint density at radius 1 is 1.13 bits per heavy atom. The number of anilines is 1. The van der Waals surface area contributed by atoms with Crippen LogP contribution in [0.1, 0.15) is 22.9 Å². The molecule has 1 aliphatic heterocycles. The van der Waals surface area contributed by atoms with Gasteiger partial charge in [0.25, 0.3) is 0 Å². The minimum absolute atomic E-state index is 0.130. The summed E-state index contributed by atoms with van der Waals surface area (Å²) in [6, 6.07) is 18.0. The number of hydrogen-bond acceptors (Lipinski definition) is 6. The number of benzene rings is 2. The third-order valence-corrected chi connectivity index (χ3v) is 5.48. The smallest absolute Gasteiger partial charge is 0.232 e. The summed E-state index contributed by atoms with van der Waals surface area (Å²) in [6.45, 7) is 5.82. The Kier molecular flexibility index (Phi) is 6.34. The van der Waals surface area contributed by atoms with Gasteiger partial charge in [0.05, 0.1) is 19.3 Å². The molecule has 3 aromatic rings. The highest BCUT2D eigenvalue weighted by atomic mass is 35.5. The molecule has 4 rings (SSSR count). The fourth-order valence-electron chi connectivity index (χ4n) is 3.56. The normalized spacial score (nSPS) is 15.5. The number of halogens is 1. The molecule has 0 radical (unpaired) electrons. The highest BCUT2D eigenvalue weighted by Gasteiger charge is 2.24. The molecule has 7 heteroatoms. The number of nitriles is 1. The molecule has 6 nitrogen and oxygen atoms in total. The Balaban J connectivity index is 1.56. The van der Waals surface area contributed by atoms with Crippen LogP contribution in [0.2, 0.25) is 5.02 Å². The summed E-state index contributed by atoms with van der Waals surface area (Å²) in [7, 11) is 0. The number of oxazole rings is 1. The first-order chi connectivity index (χ1) is 14.6. The van der Waals surface area contributed by atoms with Gasteiger partial charge in [-0.15, -0.1) is 0 Å². The zero-order chi connectivity index (χ0) is 20.9. The SMILES string of the molecule is Cc1ccc([C@H](CNc2oc(-c3ccc(Cl)cc3)nc2C#N)N2CCOCC2)cc1. The molecule has 1 aromatic heterocycles. The van der Waals surface area contributed by atoms with Crippen molar-refractivity contribution in [3.8, 4) is 17.5 Å². The van der Waals surface area contributed by atoms with Crippen LogP contribution in [0.15, 0.2) is 52.9 Å². The van der Waals surface area contributed by atoms with Gasteiger partial charge in [-0.1, -0.05) is 41.4 Å². The summed E-state index contributed by atoms with van der Waals surface area (Å²) < 4.78 is 11.4. The number of rotatable bonds is 6. The first kappa shape index (κ1) is 20.4. The largest absolute Gasteiger partial charge is 0.419 e. The Hall–Kier alpha value is -2.85. The van der Waals surface area contributed by atoms with E-state index in [0.717, 1.165) is 31.9 Å². The van der Waals surface area contributed by atoms with Crippen molar-refractivity contribution in [3.05, 3.63) is 70.4 Å². The molecule has 0 bridgehead atoms. The number of nitrogens with one attached hydrogen (secondary N) is 1. The summed E-state index contributed by atoms with van der Waals surface area (Å²) >= 11 is 5.96. The van der Waals surface area contributed by atoms with Gasteiger partial charge >= 0.3 is 0 Å². The third kappa shape index (κ3) is 4.65. The van der Waals surface area contributed by atoms with Crippen LogP contribution >= 0.6 is 11.6 Å². The Morgan fingerprint density at radius 2 is 1.83 bits per heavy atom. The van der Waals surface area contributed by atoms with Gasteiger partial charge in [-0.25, -0.2) is 0 Å². The minimum atomic E-state index is 0.130. The summed E-state index contributed by atoms with van der Waals surface area (Å²) in [5, 5.41) is 13.5. The second-order valence-electron chi connectivity index (χ2n) is 7.27. The highest BCUT2D eigenvalue weighted by molar-refractivity contribution is 6.30. The first-order valence-corrected chi connectivity index (χ1v) is 10.3. The molecule has 2 aromatic carbocycles. The van der Waals surface area contributed by atoms with Gasteiger partial charge in [0.1, 0.15) is 6.07 Å². The molecule has 2 heterocycles. The van der Waals surface area contributed by atoms with Gasteiger partial charge in [0.2, 0.25) is 17.5 Å². The number of morpholine rings is 1. The number of aromatic nitrogens is 1. The quantitative estimate of drug-likeness (QED) is 0.622. The van der Waals surface area contributed by atoms with Crippen molar-refractivity contribution in [2.24, 2.45) is 0 Å². The zero-order valence-electron chi connectivity index (χ0n) is 16.8. The molecule has 0 aliphatic carbocycles. The number of ether oxygens (including phenoxy) is 1. The van der Waals surface area contributed by atoms with E-state index < -0.39 is 0 Å². The maximum absolute atomic E-state index is 9.52. The van der Waals surface area contributed by atoms with E-state index in [1.165, 1.54) is 11.1 Å². The van der Waals surface area contributed by atoms with Gasteiger partial charge in [0, 0.05) is 30.2 Å². The lowest BCUT2D eigenvalue weighted by Crippen LogP contribution is -2.41.